The van der Waals surface area contributed by atoms with E-state index in [1.54, 1.807) is 25.3 Å². The number of rotatable bonds is 11. The fourth-order valence-electron chi connectivity index (χ4n) is 2.71. The number of nitrogens with zero attached hydrogens (tertiary/aromatic N) is 1. The molecule has 0 fully saturated rings. The molecule has 8 heteroatoms. The Morgan fingerprint density at radius 2 is 1.83 bits per heavy atom. The van der Waals surface area contributed by atoms with E-state index in [4.69, 9.17) is 9.47 Å². The summed E-state index contributed by atoms with van der Waals surface area (Å²) in [7, 11) is 1.63. The van der Waals surface area contributed by atoms with Crippen LogP contribution in [0.4, 0.5) is 8.78 Å². The number of nitrogens with one attached hydrogen (secondary N) is 2. The Hall–Kier alpha value is -2.87. The third-order valence-corrected chi connectivity index (χ3v) is 4.15. The summed E-state index contributed by atoms with van der Waals surface area (Å²) < 4.78 is 40.6. The van der Waals surface area contributed by atoms with E-state index in [1.807, 2.05) is 32.0 Å². The van der Waals surface area contributed by atoms with Crippen molar-refractivity contribution < 1.29 is 23.0 Å². The molecule has 0 aliphatic heterocycles. The van der Waals surface area contributed by atoms with Crippen LogP contribution in [0.15, 0.2) is 47.5 Å². The topological polar surface area (TPSA) is 64.1 Å². The molecule has 6 nitrogen and oxygen atoms in total. The highest BCUT2D eigenvalue weighted by Gasteiger charge is 2.10. The molecule has 0 bridgehead atoms. The van der Waals surface area contributed by atoms with Crippen molar-refractivity contribution in [2.75, 3.05) is 26.9 Å². The van der Waals surface area contributed by atoms with Gasteiger partial charge in [0.1, 0.15) is 18.1 Å². The van der Waals surface area contributed by atoms with Gasteiger partial charge in [-0.05, 0) is 31.5 Å². The number of methoxy groups -OCH3 is 1. The van der Waals surface area contributed by atoms with Gasteiger partial charge in [0.2, 0.25) is 0 Å². The normalized spacial score (nSPS) is 11.5. The van der Waals surface area contributed by atoms with E-state index in [9.17, 15) is 8.78 Å². The molecule has 0 atom stereocenters. The first kappa shape index (κ1) is 23.4. The molecule has 0 unspecified atom stereocenters. The van der Waals surface area contributed by atoms with Crippen LogP contribution in [-0.2, 0) is 17.8 Å². The minimum atomic E-state index is -2.88. The van der Waals surface area contributed by atoms with Crippen molar-refractivity contribution in [1.29, 1.82) is 0 Å². The highest BCUT2D eigenvalue weighted by Crippen LogP contribution is 2.22. The molecule has 2 aromatic carbocycles. The third-order valence-electron chi connectivity index (χ3n) is 4.15. The Balaban J connectivity index is 2.08. The van der Waals surface area contributed by atoms with Crippen LogP contribution in [0.5, 0.6) is 11.5 Å². The fourth-order valence-corrected chi connectivity index (χ4v) is 2.71. The van der Waals surface area contributed by atoms with E-state index >= 15 is 0 Å². The number of aliphatic imine (C=N–C) groups is 1. The van der Waals surface area contributed by atoms with Crippen LogP contribution < -0.4 is 20.1 Å². The monoisotopic (exact) mass is 421 g/mol. The van der Waals surface area contributed by atoms with Crippen molar-refractivity contribution in [2.45, 2.75) is 33.5 Å². The summed E-state index contributed by atoms with van der Waals surface area (Å²) in [6.45, 7) is 3.40. The molecule has 2 aromatic rings. The van der Waals surface area contributed by atoms with Crippen LogP contribution in [0.3, 0.4) is 0 Å². The lowest BCUT2D eigenvalue weighted by atomic mass is 10.1. The van der Waals surface area contributed by atoms with Crippen molar-refractivity contribution in [2.24, 2.45) is 4.99 Å². The maximum Gasteiger partial charge on any atom is 0.387 e. The van der Waals surface area contributed by atoms with Crippen molar-refractivity contribution in [3.63, 3.8) is 0 Å². The van der Waals surface area contributed by atoms with Gasteiger partial charge < -0.3 is 24.8 Å². The number of benzene rings is 2. The van der Waals surface area contributed by atoms with Gasteiger partial charge >= 0.3 is 6.61 Å². The summed E-state index contributed by atoms with van der Waals surface area (Å²) in [6.07, 6.45) is 0. The zero-order valence-corrected chi connectivity index (χ0v) is 17.6. The number of hydrogen-bond acceptors (Lipinski definition) is 4. The summed E-state index contributed by atoms with van der Waals surface area (Å²) in [5.74, 6) is 1.47. The van der Waals surface area contributed by atoms with E-state index < -0.39 is 6.61 Å². The van der Waals surface area contributed by atoms with Crippen LogP contribution in [0, 0.1) is 6.92 Å². The number of aryl methyl sites for hydroxylation is 1. The number of halogens is 2. The number of para-hydroxylation sites is 1. The SMILES string of the molecule is CCNC(=NCc1ccccc1OC(F)F)NCc1ccc(C)cc1OCCOC. The summed E-state index contributed by atoms with van der Waals surface area (Å²) in [5.41, 5.74) is 2.65. The Bertz CT molecular complexity index is 816. The third kappa shape index (κ3) is 7.87. The van der Waals surface area contributed by atoms with Gasteiger partial charge in [-0.15, -0.1) is 0 Å². The smallest absolute Gasteiger partial charge is 0.387 e. The minimum absolute atomic E-state index is 0.125. The molecule has 0 spiro atoms. The van der Waals surface area contributed by atoms with Gasteiger partial charge in [-0.2, -0.15) is 8.78 Å². The lowest BCUT2D eigenvalue weighted by molar-refractivity contribution is -0.0504. The lowest BCUT2D eigenvalue weighted by Crippen LogP contribution is -2.36. The predicted molar refractivity (Wildman–Crippen MR) is 113 cm³/mol. The molecule has 0 aliphatic carbocycles. The average molecular weight is 421 g/mol. The second kappa shape index (κ2) is 12.6. The van der Waals surface area contributed by atoms with E-state index in [1.165, 1.54) is 6.07 Å². The maximum atomic E-state index is 12.6. The Morgan fingerprint density at radius 1 is 1.03 bits per heavy atom. The molecule has 2 N–H and O–H groups in total. The molecule has 0 aliphatic rings. The largest absolute Gasteiger partial charge is 0.491 e. The van der Waals surface area contributed by atoms with Crippen molar-refractivity contribution in [3.8, 4) is 11.5 Å². The quantitative estimate of drug-likeness (QED) is 0.328. The van der Waals surface area contributed by atoms with Gasteiger partial charge in [0.05, 0.1) is 13.2 Å². The van der Waals surface area contributed by atoms with Crippen LogP contribution in [0.25, 0.3) is 0 Å². The summed E-state index contributed by atoms with van der Waals surface area (Å²) in [4.78, 5) is 4.50. The number of alkyl halides is 2. The standard InChI is InChI=1S/C22H29F2N3O3/c1-4-25-22(26-14-17-7-5-6-8-19(17)30-21(23)24)27-15-18-10-9-16(2)13-20(18)29-12-11-28-3/h5-10,13,21H,4,11-12,14-15H2,1-3H3,(H2,25,26,27). The number of ether oxygens (including phenoxy) is 3. The van der Waals surface area contributed by atoms with Crippen molar-refractivity contribution in [3.05, 3.63) is 59.2 Å². The first-order chi connectivity index (χ1) is 14.5. The molecule has 0 saturated heterocycles. The molecule has 2 rings (SSSR count). The molecule has 0 radical (unpaired) electrons. The molecule has 0 saturated carbocycles. The fraction of sp³-hybridized carbons (Fsp3) is 0.409. The predicted octanol–water partition coefficient (Wildman–Crippen LogP) is 3.88. The zero-order valence-electron chi connectivity index (χ0n) is 17.6. The number of hydrogen-bond donors (Lipinski definition) is 2. The summed E-state index contributed by atoms with van der Waals surface area (Å²) in [5, 5.41) is 6.41. The van der Waals surface area contributed by atoms with Crippen LogP contribution >= 0.6 is 0 Å². The second-order valence-electron chi connectivity index (χ2n) is 6.49. The van der Waals surface area contributed by atoms with Gasteiger partial charge in [0.15, 0.2) is 5.96 Å². The first-order valence-electron chi connectivity index (χ1n) is 9.79. The van der Waals surface area contributed by atoms with Crippen LogP contribution in [-0.4, -0.2) is 39.4 Å². The van der Waals surface area contributed by atoms with Gasteiger partial charge in [0.25, 0.3) is 0 Å². The first-order valence-corrected chi connectivity index (χ1v) is 9.79. The minimum Gasteiger partial charge on any atom is -0.491 e. The molecular formula is C22H29F2N3O3. The molecule has 30 heavy (non-hydrogen) atoms. The Morgan fingerprint density at radius 3 is 2.57 bits per heavy atom. The van der Waals surface area contributed by atoms with Crippen LogP contribution in [0.2, 0.25) is 0 Å². The van der Waals surface area contributed by atoms with Gasteiger partial charge in [-0.3, -0.25) is 0 Å². The average Bonchev–Trinajstić information content (AvgIpc) is 2.72. The molecule has 164 valence electrons. The van der Waals surface area contributed by atoms with E-state index in [0.717, 1.165) is 16.9 Å². The Labute approximate surface area is 176 Å². The Kier molecular flexibility index (Phi) is 9.86. The maximum absolute atomic E-state index is 12.6. The highest BCUT2D eigenvalue weighted by molar-refractivity contribution is 5.79. The summed E-state index contributed by atoms with van der Waals surface area (Å²) in [6, 6.07) is 12.6. The molecular weight excluding hydrogens is 392 g/mol. The van der Waals surface area contributed by atoms with E-state index in [2.05, 4.69) is 20.4 Å². The summed E-state index contributed by atoms with van der Waals surface area (Å²) >= 11 is 0. The molecule has 0 aromatic heterocycles. The molecule has 0 heterocycles. The lowest BCUT2D eigenvalue weighted by Gasteiger charge is -2.15. The van der Waals surface area contributed by atoms with E-state index in [-0.39, 0.29) is 12.3 Å². The van der Waals surface area contributed by atoms with Crippen LogP contribution in [0.1, 0.15) is 23.6 Å². The van der Waals surface area contributed by atoms with E-state index in [0.29, 0.717) is 37.8 Å². The van der Waals surface area contributed by atoms with Gasteiger partial charge in [-0.1, -0.05) is 30.3 Å². The van der Waals surface area contributed by atoms with Crippen molar-refractivity contribution in [1.82, 2.24) is 10.6 Å². The molecule has 0 amide bonds. The second-order valence-corrected chi connectivity index (χ2v) is 6.49. The van der Waals surface area contributed by atoms with Gasteiger partial charge in [-0.25, -0.2) is 4.99 Å². The zero-order chi connectivity index (χ0) is 21.8. The van der Waals surface area contributed by atoms with Gasteiger partial charge in [0, 0.05) is 31.3 Å². The number of guanidine groups is 1. The highest BCUT2D eigenvalue weighted by atomic mass is 19.3. The van der Waals surface area contributed by atoms with Crippen molar-refractivity contribution >= 4 is 5.96 Å².